The minimum Gasteiger partial charge on any atom is -0.352 e. The monoisotopic (exact) mass is 289 g/mol. The molecule has 1 aromatic carbocycles. The molecule has 0 amide bonds. The van der Waals surface area contributed by atoms with E-state index in [-0.39, 0.29) is 12.1 Å². The molecule has 1 saturated heterocycles. The number of hydrogen-bond donors (Lipinski definition) is 0. The molecule has 0 radical (unpaired) electrons. The Hall–Kier alpha value is -1.02. The van der Waals surface area contributed by atoms with Crippen molar-refractivity contribution in [1.29, 1.82) is 0 Å². The minimum absolute atomic E-state index is 0.193. The van der Waals surface area contributed by atoms with Gasteiger partial charge in [0.25, 0.3) is 0 Å². The molecule has 2 nitrogen and oxygen atoms in total. The number of hydrogen-bond acceptors (Lipinski definition) is 2. The van der Waals surface area contributed by atoms with E-state index in [1.807, 2.05) is 12.1 Å². The zero-order chi connectivity index (χ0) is 17.5. The van der Waals surface area contributed by atoms with E-state index >= 15 is 0 Å². The quantitative estimate of drug-likeness (QED) is 0.786. The van der Waals surface area contributed by atoms with Gasteiger partial charge in [-0.15, -0.1) is 0 Å². The van der Waals surface area contributed by atoms with E-state index in [2.05, 4.69) is 42.7 Å². The maximum absolute atomic E-state index is 8.26. The van der Waals surface area contributed by atoms with Gasteiger partial charge in [-0.2, -0.15) is 0 Å². The van der Waals surface area contributed by atoms with Crippen molar-refractivity contribution in [2.24, 2.45) is 0 Å². The van der Waals surface area contributed by atoms with Crippen LogP contribution < -0.4 is 4.90 Å². The first-order valence-electron chi connectivity index (χ1n) is 9.94. The Morgan fingerprint density at radius 2 is 1.76 bits per heavy atom. The van der Waals surface area contributed by atoms with Crippen molar-refractivity contribution in [2.45, 2.75) is 84.0 Å². The van der Waals surface area contributed by atoms with Gasteiger partial charge < -0.3 is 4.90 Å². The van der Waals surface area contributed by atoms with Gasteiger partial charge in [0.15, 0.2) is 0 Å². The van der Waals surface area contributed by atoms with E-state index < -0.39 is 13.0 Å². The lowest BCUT2D eigenvalue weighted by Gasteiger charge is -2.38. The van der Waals surface area contributed by atoms with E-state index in [1.165, 1.54) is 19.3 Å². The van der Waals surface area contributed by atoms with Crippen molar-refractivity contribution in [2.75, 3.05) is 4.90 Å². The molecule has 116 valence electrons. The molecule has 1 aromatic rings. The van der Waals surface area contributed by atoms with Crippen LogP contribution in [0.25, 0.3) is 0 Å². The SMILES string of the molecule is [2H]C([2H])([2H])C1N(C2CCCCC2)C(C)[C@H](C)N1c1ccccc1C. The summed E-state index contributed by atoms with van der Waals surface area (Å²) >= 11 is 0. The van der Waals surface area contributed by atoms with E-state index in [0.29, 0.717) is 6.04 Å². The fourth-order valence-corrected chi connectivity index (χ4v) is 4.19. The maximum atomic E-state index is 8.26. The molecule has 1 heterocycles. The summed E-state index contributed by atoms with van der Waals surface area (Å²) in [5, 5.41) is 0. The van der Waals surface area contributed by atoms with Gasteiger partial charge in [-0.3, -0.25) is 4.90 Å². The summed E-state index contributed by atoms with van der Waals surface area (Å²) in [6, 6.07) is 9.02. The Balaban J connectivity index is 2.03. The third kappa shape index (κ3) is 2.59. The Morgan fingerprint density at radius 1 is 1.05 bits per heavy atom. The van der Waals surface area contributed by atoms with Crippen LogP contribution in [0, 0.1) is 6.92 Å². The molecule has 2 aliphatic rings. The van der Waals surface area contributed by atoms with Gasteiger partial charge in [0, 0.05) is 27.9 Å². The van der Waals surface area contributed by atoms with Gasteiger partial charge in [0.2, 0.25) is 0 Å². The van der Waals surface area contributed by atoms with Crippen LogP contribution in [-0.4, -0.2) is 29.2 Å². The van der Waals surface area contributed by atoms with Crippen molar-refractivity contribution in [3.05, 3.63) is 29.8 Å². The second-order valence-electron chi connectivity index (χ2n) is 6.79. The lowest BCUT2D eigenvalue weighted by atomic mass is 9.93. The normalized spacial score (nSPS) is 34.5. The average molecular weight is 289 g/mol. The van der Waals surface area contributed by atoms with Crippen LogP contribution in [0.15, 0.2) is 24.3 Å². The second-order valence-corrected chi connectivity index (χ2v) is 6.79. The van der Waals surface area contributed by atoms with Gasteiger partial charge >= 0.3 is 0 Å². The third-order valence-electron chi connectivity index (χ3n) is 5.54. The molecule has 1 saturated carbocycles. The maximum Gasteiger partial charge on any atom is 0.0801 e. The van der Waals surface area contributed by atoms with Crippen molar-refractivity contribution in [3.8, 4) is 0 Å². The number of anilines is 1. The van der Waals surface area contributed by atoms with Gasteiger partial charge in [0.05, 0.1) is 6.17 Å². The van der Waals surface area contributed by atoms with Crippen LogP contribution in [-0.2, 0) is 0 Å². The molecule has 1 aliphatic carbocycles. The molecule has 0 aromatic heterocycles. The minimum atomic E-state index is -2.02. The van der Waals surface area contributed by atoms with Crippen LogP contribution in [0.5, 0.6) is 0 Å². The summed E-state index contributed by atoms with van der Waals surface area (Å²) in [5.74, 6) is 0. The number of rotatable bonds is 2. The van der Waals surface area contributed by atoms with Crippen LogP contribution in [0.3, 0.4) is 0 Å². The predicted octanol–water partition coefficient (Wildman–Crippen LogP) is 4.57. The van der Waals surface area contributed by atoms with Crippen LogP contribution in [0.1, 0.15) is 62.5 Å². The number of para-hydroxylation sites is 1. The molecule has 3 rings (SSSR count). The molecule has 2 unspecified atom stereocenters. The van der Waals surface area contributed by atoms with E-state index in [1.54, 1.807) is 0 Å². The Bertz CT molecular complexity index is 566. The molecule has 2 fully saturated rings. The molecule has 2 heteroatoms. The summed E-state index contributed by atoms with van der Waals surface area (Å²) < 4.78 is 24.8. The van der Waals surface area contributed by atoms with Crippen molar-refractivity contribution in [3.63, 3.8) is 0 Å². The third-order valence-corrected chi connectivity index (χ3v) is 5.54. The molecule has 0 spiro atoms. The molecule has 0 bridgehead atoms. The second kappa shape index (κ2) is 6.00. The zero-order valence-electron chi connectivity index (χ0n) is 16.5. The van der Waals surface area contributed by atoms with E-state index in [4.69, 9.17) is 4.11 Å². The number of nitrogens with zero attached hydrogens (tertiary/aromatic N) is 2. The fourth-order valence-electron chi connectivity index (χ4n) is 4.19. The highest BCUT2D eigenvalue weighted by Gasteiger charge is 2.43. The van der Waals surface area contributed by atoms with Gasteiger partial charge in [-0.05, 0) is 52.1 Å². The first-order chi connectivity index (χ1) is 11.3. The average Bonchev–Trinajstić information content (AvgIpc) is 2.81. The van der Waals surface area contributed by atoms with Crippen molar-refractivity contribution in [1.82, 2.24) is 4.90 Å². The van der Waals surface area contributed by atoms with E-state index in [9.17, 15) is 0 Å². The molecular weight excluding hydrogens is 256 g/mol. The van der Waals surface area contributed by atoms with Crippen LogP contribution >= 0.6 is 0 Å². The Morgan fingerprint density at radius 3 is 2.43 bits per heavy atom. The van der Waals surface area contributed by atoms with E-state index in [0.717, 1.165) is 24.1 Å². The highest BCUT2D eigenvalue weighted by molar-refractivity contribution is 5.55. The van der Waals surface area contributed by atoms with Crippen molar-refractivity contribution >= 4 is 5.69 Å². The highest BCUT2D eigenvalue weighted by Crippen LogP contribution is 2.37. The largest absolute Gasteiger partial charge is 0.352 e. The predicted molar refractivity (Wildman–Crippen MR) is 90.8 cm³/mol. The van der Waals surface area contributed by atoms with Crippen LogP contribution in [0.4, 0.5) is 5.69 Å². The molecule has 21 heavy (non-hydrogen) atoms. The summed E-state index contributed by atoms with van der Waals surface area (Å²) in [6.45, 7) is 4.44. The summed E-state index contributed by atoms with van der Waals surface area (Å²) in [4.78, 5) is 4.49. The molecule has 1 aliphatic heterocycles. The smallest absolute Gasteiger partial charge is 0.0801 e. The van der Waals surface area contributed by atoms with Crippen molar-refractivity contribution < 1.29 is 4.11 Å². The van der Waals surface area contributed by atoms with Gasteiger partial charge in [-0.1, -0.05) is 37.5 Å². The van der Waals surface area contributed by atoms with Gasteiger partial charge in [0.1, 0.15) is 0 Å². The standard InChI is InChI=1S/C19H30N2/c1-14-10-8-9-13-19(14)21-16(3)15(2)20(17(21)4)18-11-6-5-7-12-18/h8-10,13,15-18H,5-7,11-12H2,1-4H3/t15?,16-,17?/m0/s1/i4D3. The highest BCUT2D eigenvalue weighted by atomic mass is 15.5. The summed E-state index contributed by atoms with van der Waals surface area (Å²) in [7, 11) is 0. The lowest BCUT2D eigenvalue weighted by molar-refractivity contribution is 0.111. The Kier molecular flexibility index (Phi) is 3.30. The first kappa shape index (κ1) is 11.5. The topological polar surface area (TPSA) is 6.48 Å². The summed E-state index contributed by atoms with van der Waals surface area (Å²) in [6.07, 6.45) is 5.47. The Labute approximate surface area is 134 Å². The fraction of sp³-hybridized carbons (Fsp3) is 0.684. The first-order valence-corrected chi connectivity index (χ1v) is 8.44. The number of benzene rings is 1. The molecular formula is C19H30N2. The molecule has 0 N–H and O–H groups in total. The van der Waals surface area contributed by atoms with Gasteiger partial charge in [-0.25, -0.2) is 0 Å². The zero-order valence-corrected chi connectivity index (χ0v) is 13.5. The molecule has 3 atom stereocenters. The lowest BCUT2D eigenvalue weighted by Crippen LogP contribution is -2.45. The summed E-state index contributed by atoms with van der Waals surface area (Å²) in [5.41, 5.74) is 2.22. The number of aryl methyl sites for hydroxylation is 1. The van der Waals surface area contributed by atoms with Crippen LogP contribution in [0.2, 0.25) is 0 Å².